The molecule has 84 valence electrons. The molecule has 0 heterocycles. The van der Waals surface area contributed by atoms with Crippen molar-refractivity contribution in [3.8, 4) is 0 Å². The zero-order valence-corrected chi connectivity index (χ0v) is 8.62. The molecule has 0 unspecified atom stereocenters. The van der Waals surface area contributed by atoms with Crippen LogP contribution < -0.4 is 0 Å². The van der Waals surface area contributed by atoms with Gasteiger partial charge in [0.15, 0.2) is 5.78 Å². The summed E-state index contributed by atoms with van der Waals surface area (Å²) >= 11 is 0. The molecule has 0 aliphatic heterocycles. The van der Waals surface area contributed by atoms with Gasteiger partial charge in [-0.3, -0.25) is 14.4 Å². The summed E-state index contributed by atoms with van der Waals surface area (Å²) in [6.07, 6.45) is 0.665. The molecule has 1 rings (SSSR count). The SMILES string of the molecule is CCOC(=O)[C@@]1(CC(=O)O)CCCC1=O. The van der Waals surface area contributed by atoms with E-state index in [1.807, 2.05) is 0 Å². The summed E-state index contributed by atoms with van der Waals surface area (Å²) in [5.74, 6) is -2.13. The smallest absolute Gasteiger partial charge is 0.320 e. The minimum Gasteiger partial charge on any atom is -0.481 e. The Morgan fingerprint density at radius 3 is 2.60 bits per heavy atom. The number of carbonyl (C=O) groups is 3. The molecule has 5 heteroatoms. The van der Waals surface area contributed by atoms with E-state index in [0.717, 1.165) is 0 Å². The van der Waals surface area contributed by atoms with Crippen molar-refractivity contribution in [3.63, 3.8) is 0 Å². The molecule has 1 N–H and O–H groups in total. The van der Waals surface area contributed by atoms with Crippen LogP contribution in [0.4, 0.5) is 0 Å². The van der Waals surface area contributed by atoms with E-state index in [1.165, 1.54) is 0 Å². The standard InChI is InChI=1S/C10H14O5/c1-2-15-9(14)10(6-8(12)13)5-3-4-7(10)11/h2-6H2,1H3,(H,12,13)/t10-/m1/s1. The zero-order chi connectivity index (χ0) is 11.5. The summed E-state index contributed by atoms with van der Waals surface area (Å²) < 4.78 is 4.78. The number of esters is 1. The molecular weight excluding hydrogens is 200 g/mol. The van der Waals surface area contributed by atoms with Gasteiger partial charge in [-0.2, -0.15) is 0 Å². The molecule has 0 radical (unpaired) electrons. The molecule has 1 aliphatic carbocycles. The van der Waals surface area contributed by atoms with Crippen molar-refractivity contribution in [1.29, 1.82) is 0 Å². The van der Waals surface area contributed by atoms with Crippen LogP contribution in [0.25, 0.3) is 0 Å². The average molecular weight is 214 g/mol. The third-order valence-corrected chi connectivity index (χ3v) is 2.66. The maximum absolute atomic E-state index is 11.6. The van der Waals surface area contributed by atoms with E-state index in [2.05, 4.69) is 0 Å². The predicted octanol–water partition coefficient (Wildman–Crippen LogP) is 0.764. The first kappa shape index (κ1) is 11.7. The van der Waals surface area contributed by atoms with Crippen molar-refractivity contribution < 1.29 is 24.2 Å². The third-order valence-electron chi connectivity index (χ3n) is 2.66. The topological polar surface area (TPSA) is 80.7 Å². The van der Waals surface area contributed by atoms with Gasteiger partial charge in [0, 0.05) is 6.42 Å². The predicted molar refractivity (Wildman–Crippen MR) is 50.2 cm³/mol. The van der Waals surface area contributed by atoms with Crippen molar-refractivity contribution in [2.75, 3.05) is 6.61 Å². The van der Waals surface area contributed by atoms with Crippen LogP contribution in [0.2, 0.25) is 0 Å². The number of rotatable bonds is 4. The van der Waals surface area contributed by atoms with E-state index < -0.39 is 23.8 Å². The number of carbonyl (C=O) groups excluding carboxylic acids is 2. The first-order chi connectivity index (χ1) is 7.03. The van der Waals surface area contributed by atoms with Gasteiger partial charge in [0.05, 0.1) is 13.0 Å². The second-order valence-electron chi connectivity index (χ2n) is 3.65. The lowest BCUT2D eigenvalue weighted by molar-refractivity contribution is -0.163. The summed E-state index contributed by atoms with van der Waals surface area (Å²) in [7, 11) is 0. The Hall–Kier alpha value is -1.39. The monoisotopic (exact) mass is 214 g/mol. The van der Waals surface area contributed by atoms with Crippen LogP contribution in [0.3, 0.4) is 0 Å². The van der Waals surface area contributed by atoms with E-state index in [0.29, 0.717) is 6.42 Å². The summed E-state index contributed by atoms with van der Waals surface area (Å²) in [4.78, 5) is 33.8. The number of carboxylic acids is 1. The largest absolute Gasteiger partial charge is 0.481 e. The molecular formula is C10H14O5. The van der Waals surface area contributed by atoms with Gasteiger partial charge in [-0.15, -0.1) is 0 Å². The van der Waals surface area contributed by atoms with E-state index in [1.54, 1.807) is 6.92 Å². The van der Waals surface area contributed by atoms with Crippen LogP contribution in [0.5, 0.6) is 0 Å². The highest BCUT2D eigenvalue weighted by atomic mass is 16.5. The highest BCUT2D eigenvalue weighted by molar-refractivity contribution is 6.07. The fourth-order valence-corrected chi connectivity index (χ4v) is 1.93. The molecule has 0 amide bonds. The Kier molecular flexibility index (Phi) is 3.44. The summed E-state index contributed by atoms with van der Waals surface area (Å²) in [6, 6.07) is 0. The number of ketones is 1. The van der Waals surface area contributed by atoms with Gasteiger partial charge in [-0.25, -0.2) is 0 Å². The minimum absolute atomic E-state index is 0.160. The van der Waals surface area contributed by atoms with Crippen molar-refractivity contribution in [3.05, 3.63) is 0 Å². The van der Waals surface area contributed by atoms with Crippen LogP contribution in [0, 0.1) is 5.41 Å². The lowest BCUT2D eigenvalue weighted by Crippen LogP contribution is -2.39. The van der Waals surface area contributed by atoms with Crippen LogP contribution in [-0.2, 0) is 19.1 Å². The van der Waals surface area contributed by atoms with E-state index >= 15 is 0 Å². The van der Waals surface area contributed by atoms with E-state index in [4.69, 9.17) is 9.84 Å². The fraction of sp³-hybridized carbons (Fsp3) is 0.700. The van der Waals surface area contributed by atoms with Crippen molar-refractivity contribution in [2.24, 2.45) is 5.41 Å². The normalized spacial score (nSPS) is 25.3. The van der Waals surface area contributed by atoms with Gasteiger partial charge in [0.2, 0.25) is 0 Å². The number of Topliss-reactive ketones (excluding diaryl/α,β-unsaturated/α-hetero) is 1. The number of carboxylic acid groups (broad SMARTS) is 1. The quantitative estimate of drug-likeness (QED) is 0.552. The maximum Gasteiger partial charge on any atom is 0.320 e. The lowest BCUT2D eigenvalue weighted by atomic mass is 9.82. The Bertz CT molecular complexity index is 296. The number of ether oxygens (including phenoxy) is 1. The second-order valence-corrected chi connectivity index (χ2v) is 3.65. The highest BCUT2D eigenvalue weighted by Crippen LogP contribution is 2.39. The van der Waals surface area contributed by atoms with Gasteiger partial charge in [-0.05, 0) is 19.8 Å². The molecule has 0 saturated heterocycles. The third kappa shape index (κ3) is 2.16. The van der Waals surface area contributed by atoms with E-state index in [-0.39, 0.29) is 25.2 Å². The zero-order valence-electron chi connectivity index (χ0n) is 8.62. The van der Waals surface area contributed by atoms with Gasteiger partial charge in [0.1, 0.15) is 5.41 Å². The van der Waals surface area contributed by atoms with Gasteiger partial charge in [0.25, 0.3) is 0 Å². The van der Waals surface area contributed by atoms with Gasteiger partial charge in [-0.1, -0.05) is 0 Å². The second kappa shape index (κ2) is 4.42. The molecule has 0 spiro atoms. The summed E-state index contributed by atoms with van der Waals surface area (Å²) in [6.45, 7) is 1.79. The fourth-order valence-electron chi connectivity index (χ4n) is 1.93. The summed E-state index contributed by atoms with van der Waals surface area (Å²) in [5.41, 5.74) is -1.41. The van der Waals surface area contributed by atoms with Crippen LogP contribution in [-0.4, -0.2) is 29.4 Å². The first-order valence-electron chi connectivity index (χ1n) is 4.95. The van der Waals surface area contributed by atoms with Crippen molar-refractivity contribution in [2.45, 2.75) is 32.6 Å². The molecule has 0 bridgehead atoms. The molecule has 15 heavy (non-hydrogen) atoms. The number of hydrogen-bond donors (Lipinski definition) is 1. The summed E-state index contributed by atoms with van der Waals surface area (Å²) in [5, 5.41) is 8.71. The van der Waals surface area contributed by atoms with E-state index in [9.17, 15) is 14.4 Å². The molecule has 5 nitrogen and oxygen atoms in total. The number of aliphatic carboxylic acids is 1. The molecule has 0 aromatic rings. The molecule has 1 fully saturated rings. The van der Waals surface area contributed by atoms with Crippen LogP contribution in [0.1, 0.15) is 32.6 Å². The molecule has 1 saturated carbocycles. The van der Waals surface area contributed by atoms with Crippen LogP contribution >= 0.6 is 0 Å². The lowest BCUT2D eigenvalue weighted by Gasteiger charge is -2.22. The van der Waals surface area contributed by atoms with Gasteiger partial charge >= 0.3 is 11.9 Å². The molecule has 0 aromatic carbocycles. The molecule has 1 aliphatic rings. The Morgan fingerprint density at radius 2 is 2.20 bits per heavy atom. The minimum atomic E-state index is -1.41. The van der Waals surface area contributed by atoms with Crippen LogP contribution in [0.15, 0.2) is 0 Å². The van der Waals surface area contributed by atoms with Crippen molar-refractivity contribution in [1.82, 2.24) is 0 Å². The number of hydrogen-bond acceptors (Lipinski definition) is 4. The Balaban J connectivity index is 2.90. The maximum atomic E-state index is 11.6. The van der Waals surface area contributed by atoms with Gasteiger partial charge < -0.3 is 9.84 Å². The molecule has 1 atom stereocenters. The first-order valence-corrected chi connectivity index (χ1v) is 4.95. The highest BCUT2D eigenvalue weighted by Gasteiger charge is 2.51. The average Bonchev–Trinajstić information content (AvgIpc) is 2.48. The Labute approximate surface area is 87.4 Å². The Morgan fingerprint density at radius 1 is 1.53 bits per heavy atom. The molecule has 0 aromatic heterocycles. The van der Waals surface area contributed by atoms with Crippen molar-refractivity contribution >= 4 is 17.7 Å².